The number of rotatable bonds is 4. The third kappa shape index (κ3) is 3.80. The zero-order chi connectivity index (χ0) is 24.1. The average molecular weight is 467 g/mol. The van der Waals surface area contributed by atoms with Crippen molar-refractivity contribution in [1.82, 2.24) is 30.0 Å². The van der Waals surface area contributed by atoms with Crippen LogP contribution < -0.4 is 10.6 Å². The Morgan fingerprint density at radius 1 is 0.914 bits per heavy atom. The van der Waals surface area contributed by atoms with Gasteiger partial charge in [0.25, 0.3) is 0 Å². The molecule has 6 rings (SSSR count). The second-order valence-electron chi connectivity index (χ2n) is 9.78. The first kappa shape index (κ1) is 21.6. The minimum absolute atomic E-state index is 0.291. The third-order valence-electron chi connectivity index (χ3n) is 7.02. The Hall–Kier alpha value is -3.91. The third-order valence-corrected chi connectivity index (χ3v) is 7.02. The molecular formula is C27H30N8. The summed E-state index contributed by atoms with van der Waals surface area (Å²) in [6.07, 6.45) is 5.78. The molecule has 8 nitrogen and oxygen atoms in total. The van der Waals surface area contributed by atoms with Gasteiger partial charge in [-0.2, -0.15) is 5.10 Å². The monoisotopic (exact) mass is 466 g/mol. The number of likely N-dealkylation sites (N-methyl/N-ethyl adjacent to an activating group) is 1. The zero-order valence-corrected chi connectivity index (χ0v) is 20.3. The van der Waals surface area contributed by atoms with Crippen molar-refractivity contribution in [2.45, 2.75) is 19.8 Å². The highest BCUT2D eigenvalue weighted by atomic mass is 15.3. The summed E-state index contributed by atoms with van der Waals surface area (Å²) < 4.78 is 0. The summed E-state index contributed by atoms with van der Waals surface area (Å²) in [7, 11) is 2.17. The van der Waals surface area contributed by atoms with E-state index >= 15 is 0 Å². The van der Waals surface area contributed by atoms with Crippen molar-refractivity contribution < 1.29 is 0 Å². The number of benzene rings is 1. The quantitative estimate of drug-likeness (QED) is 0.357. The minimum atomic E-state index is 0.291. The summed E-state index contributed by atoms with van der Waals surface area (Å²) in [4.78, 5) is 17.5. The highest BCUT2D eigenvalue weighted by Crippen LogP contribution is 2.35. The lowest BCUT2D eigenvalue weighted by atomic mass is 10.0. The highest BCUT2D eigenvalue weighted by molar-refractivity contribution is 6.00. The molecule has 178 valence electrons. The number of nitrogens with one attached hydrogen (secondary N) is 2. The van der Waals surface area contributed by atoms with Crippen LogP contribution >= 0.6 is 0 Å². The van der Waals surface area contributed by atoms with E-state index in [0.29, 0.717) is 5.92 Å². The fraction of sp³-hybridized carbons (Fsp3) is 0.296. The molecule has 0 atom stereocenters. The molecule has 4 aromatic heterocycles. The van der Waals surface area contributed by atoms with Crippen LogP contribution in [0.15, 0.2) is 48.9 Å². The Morgan fingerprint density at radius 2 is 1.74 bits per heavy atom. The summed E-state index contributed by atoms with van der Waals surface area (Å²) in [6.45, 7) is 8.31. The Kier molecular flexibility index (Phi) is 5.18. The van der Waals surface area contributed by atoms with Crippen LogP contribution in [-0.4, -0.2) is 63.3 Å². The second-order valence-corrected chi connectivity index (χ2v) is 9.78. The van der Waals surface area contributed by atoms with E-state index in [9.17, 15) is 0 Å². The predicted molar refractivity (Wildman–Crippen MR) is 143 cm³/mol. The molecule has 8 heteroatoms. The molecule has 1 aliphatic heterocycles. The number of aromatic amines is 2. The van der Waals surface area contributed by atoms with Crippen molar-refractivity contribution in [3.63, 3.8) is 0 Å². The van der Waals surface area contributed by atoms with Gasteiger partial charge >= 0.3 is 0 Å². The lowest BCUT2D eigenvalue weighted by Gasteiger charge is -2.34. The SMILES string of the molecule is CC(C)c1ncc(-c2ccc3[nH]nc(-c4cc5c(N6CCN(C)CC6)cncc5[nH]4)c3c2)cc1N. The minimum Gasteiger partial charge on any atom is -0.397 e. The first-order chi connectivity index (χ1) is 17.0. The topological polar surface area (TPSA) is 103 Å². The number of piperazine rings is 1. The molecule has 5 heterocycles. The van der Waals surface area contributed by atoms with Crippen LogP contribution in [0.5, 0.6) is 0 Å². The number of hydrogen-bond donors (Lipinski definition) is 3. The van der Waals surface area contributed by atoms with Gasteiger partial charge in [-0.1, -0.05) is 19.9 Å². The lowest BCUT2D eigenvalue weighted by Crippen LogP contribution is -2.44. The molecule has 0 radical (unpaired) electrons. The zero-order valence-electron chi connectivity index (χ0n) is 20.3. The second kappa shape index (κ2) is 8.39. The first-order valence-corrected chi connectivity index (χ1v) is 12.1. The van der Waals surface area contributed by atoms with Gasteiger partial charge in [0, 0.05) is 48.7 Å². The van der Waals surface area contributed by atoms with Crippen LogP contribution in [0.1, 0.15) is 25.5 Å². The molecule has 0 bridgehead atoms. The molecule has 1 fully saturated rings. The van der Waals surface area contributed by atoms with Gasteiger partial charge in [0.05, 0.1) is 46.2 Å². The summed E-state index contributed by atoms with van der Waals surface area (Å²) >= 11 is 0. The lowest BCUT2D eigenvalue weighted by molar-refractivity contribution is 0.313. The molecule has 1 aromatic carbocycles. The van der Waals surface area contributed by atoms with Gasteiger partial charge in [0.2, 0.25) is 0 Å². The summed E-state index contributed by atoms with van der Waals surface area (Å²) in [5.41, 5.74) is 15.1. The summed E-state index contributed by atoms with van der Waals surface area (Å²) in [6, 6.07) is 10.5. The number of anilines is 2. The van der Waals surface area contributed by atoms with Crippen LogP contribution in [0.25, 0.3) is 44.3 Å². The van der Waals surface area contributed by atoms with Crippen LogP contribution in [0.4, 0.5) is 11.4 Å². The van der Waals surface area contributed by atoms with Gasteiger partial charge in [0.1, 0.15) is 5.69 Å². The summed E-state index contributed by atoms with van der Waals surface area (Å²) in [5, 5.41) is 10.1. The molecular weight excluding hydrogens is 436 g/mol. The van der Waals surface area contributed by atoms with E-state index in [4.69, 9.17) is 5.73 Å². The number of pyridine rings is 2. The molecule has 0 amide bonds. The van der Waals surface area contributed by atoms with E-state index in [2.05, 4.69) is 80.1 Å². The van der Waals surface area contributed by atoms with Crippen LogP contribution in [0.2, 0.25) is 0 Å². The number of nitrogens with zero attached hydrogens (tertiary/aromatic N) is 5. The van der Waals surface area contributed by atoms with E-state index in [1.807, 2.05) is 24.7 Å². The summed E-state index contributed by atoms with van der Waals surface area (Å²) in [5.74, 6) is 0.291. The van der Waals surface area contributed by atoms with Crippen molar-refractivity contribution in [1.29, 1.82) is 0 Å². The number of nitrogens with two attached hydrogens (primary N) is 1. The van der Waals surface area contributed by atoms with Crippen LogP contribution in [0.3, 0.4) is 0 Å². The van der Waals surface area contributed by atoms with E-state index < -0.39 is 0 Å². The Bertz CT molecular complexity index is 1520. The fourth-order valence-corrected chi connectivity index (χ4v) is 4.99. The predicted octanol–water partition coefficient (Wildman–Crippen LogP) is 4.63. The van der Waals surface area contributed by atoms with Crippen molar-refractivity contribution >= 4 is 33.2 Å². The highest BCUT2D eigenvalue weighted by Gasteiger charge is 2.19. The molecule has 0 saturated carbocycles. The molecule has 1 aliphatic rings. The Morgan fingerprint density at radius 3 is 2.51 bits per heavy atom. The van der Waals surface area contributed by atoms with E-state index in [1.165, 1.54) is 11.1 Å². The van der Waals surface area contributed by atoms with Crippen LogP contribution in [0, 0.1) is 0 Å². The molecule has 0 spiro atoms. The molecule has 4 N–H and O–H groups in total. The van der Waals surface area contributed by atoms with Crippen molar-refractivity contribution in [3.05, 3.63) is 54.6 Å². The van der Waals surface area contributed by atoms with Gasteiger partial charge in [-0.3, -0.25) is 15.1 Å². The largest absolute Gasteiger partial charge is 0.397 e. The smallest absolute Gasteiger partial charge is 0.116 e. The van der Waals surface area contributed by atoms with Gasteiger partial charge in [-0.05, 0) is 42.8 Å². The number of hydrogen-bond acceptors (Lipinski definition) is 6. The number of nitrogen functional groups attached to an aromatic ring is 1. The van der Waals surface area contributed by atoms with Crippen molar-refractivity contribution in [2.75, 3.05) is 43.9 Å². The molecule has 0 aliphatic carbocycles. The van der Waals surface area contributed by atoms with Crippen molar-refractivity contribution in [2.24, 2.45) is 0 Å². The van der Waals surface area contributed by atoms with Gasteiger partial charge in [-0.15, -0.1) is 0 Å². The number of fused-ring (bicyclic) bond motifs is 2. The average Bonchev–Trinajstić information content (AvgIpc) is 3.47. The number of aromatic nitrogens is 5. The Balaban J connectivity index is 1.41. The maximum Gasteiger partial charge on any atom is 0.116 e. The van der Waals surface area contributed by atoms with Crippen molar-refractivity contribution in [3.8, 4) is 22.5 Å². The van der Waals surface area contributed by atoms with E-state index in [1.54, 1.807) is 0 Å². The molecule has 5 aromatic rings. The maximum absolute atomic E-state index is 6.30. The van der Waals surface area contributed by atoms with E-state index in [-0.39, 0.29) is 0 Å². The standard InChI is InChI=1S/C27H30N8/c1-16(2)26-21(28)11-18(13-30-26)17-4-5-22-20(10-17)27(33-32-22)23-12-19-24(31-23)14-29-15-25(19)35-8-6-34(3)7-9-35/h4-5,10-16,31H,6-9,28H2,1-3H3,(H,32,33). The first-order valence-electron chi connectivity index (χ1n) is 12.1. The molecule has 35 heavy (non-hydrogen) atoms. The van der Waals surface area contributed by atoms with Gasteiger partial charge in [-0.25, -0.2) is 0 Å². The maximum atomic E-state index is 6.30. The van der Waals surface area contributed by atoms with E-state index in [0.717, 1.165) is 76.5 Å². The molecule has 1 saturated heterocycles. The normalized spacial score (nSPS) is 15.0. The molecule has 0 unspecified atom stereocenters. The number of H-pyrrole nitrogens is 2. The fourth-order valence-electron chi connectivity index (χ4n) is 4.99. The van der Waals surface area contributed by atoms with Gasteiger partial charge < -0.3 is 20.5 Å². The Labute approximate surface area is 204 Å². The van der Waals surface area contributed by atoms with Gasteiger partial charge in [0.15, 0.2) is 0 Å². The van der Waals surface area contributed by atoms with Crippen LogP contribution in [-0.2, 0) is 0 Å².